The largest absolute Gasteiger partial charge is 0.393 e. The second-order valence-electron chi connectivity index (χ2n) is 7.41. The average molecular weight is 342 g/mol. The summed E-state index contributed by atoms with van der Waals surface area (Å²) < 4.78 is 6.55. The first-order valence-electron chi connectivity index (χ1n) is 9.13. The van der Waals surface area contributed by atoms with Crippen LogP contribution in [0, 0.1) is 6.92 Å². The van der Waals surface area contributed by atoms with Crippen LogP contribution in [-0.4, -0.2) is 50.0 Å². The summed E-state index contributed by atoms with van der Waals surface area (Å²) in [4.78, 5) is 6.76. The molecule has 0 bridgehead atoms. The van der Waals surface area contributed by atoms with Crippen LogP contribution in [0.2, 0.25) is 0 Å². The van der Waals surface area contributed by atoms with E-state index in [4.69, 9.17) is 4.74 Å². The first-order valence-corrected chi connectivity index (χ1v) is 9.13. The second kappa shape index (κ2) is 6.86. The summed E-state index contributed by atoms with van der Waals surface area (Å²) in [6, 6.07) is 10.3. The van der Waals surface area contributed by atoms with Gasteiger partial charge < -0.3 is 9.84 Å². The molecule has 1 aromatic heterocycles. The normalized spacial score (nSPS) is 26.8. The lowest BCUT2D eigenvalue weighted by molar-refractivity contribution is -0.184. The van der Waals surface area contributed by atoms with Crippen molar-refractivity contribution in [3.05, 3.63) is 47.5 Å². The number of ether oxygens (including phenoxy) is 1. The molecule has 6 heteroatoms. The molecule has 1 spiro atoms. The van der Waals surface area contributed by atoms with E-state index in [-0.39, 0.29) is 17.8 Å². The molecule has 2 aliphatic heterocycles. The third kappa shape index (κ3) is 3.76. The Kier molecular flexibility index (Phi) is 4.58. The fourth-order valence-corrected chi connectivity index (χ4v) is 4.13. The quantitative estimate of drug-likeness (QED) is 0.896. The van der Waals surface area contributed by atoms with Gasteiger partial charge in [0.15, 0.2) is 5.82 Å². The van der Waals surface area contributed by atoms with E-state index < -0.39 is 0 Å². The maximum absolute atomic E-state index is 10.4. The first kappa shape index (κ1) is 16.7. The number of H-pyrrole nitrogens is 1. The van der Waals surface area contributed by atoms with Gasteiger partial charge in [-0.25, -0.2) is 4.98 Å². The number of rotatable bonds is 3. The molecule has 134 valence electrons. The Balaban J connectivity index is 1.40. The van der Waals surface area contributed by atoms with E-state index in [0.717, 1.165) is 50.5 Å². The van der Waals surface area contributed by atoms with E-state index >= 15 is 0 Å². The minimum atomic E-state index is -0.291. The van der Waals surface area contributed by atoms with Gasteiger partial charge in [0.05, 0.1) is 24.4 Å². The molecular weight excluding hydrogens is 316 g/mol. The molecule has 6 nitrogen and oxygen atoms in total. The summed E-state index contributed by atoms with van der Waals surface area (Å²) in [5, 5.41) is 17.6. The Hall–Kier alpha value is -1.76. The minimum absolute atomic E-state index is 0.00726. The molecule has 2 N–H and O–H groups in total. The number of aromatic amines is 1. The summed E-state index contributed by atoms with van der Waals surface area (Å²) in [5.41, 5.74) is 0.961. The molecule has 0 unspecified atom stereocenters. The van der Waals surface area contributed by atoms with Gasteiger partial charge in [-0.05, 0) is 25.3 Å². The van der Waals surface area contributed by atoms with Crippen molar-refractivity contribution in [3.63, 3.8) is 0 Å². The van der Waals surface area contributed by atoms with Gasteiger partial charge in [-0.1, -0.05) is 30.3 Å². The van der Waals surface area contributed by atoms with E-state index in [2.05, 4.69) is 32.2 Å². The number of hydrogen-bond acceptors (Lipinski definition) is 5. The topological polar surface area (TPSA) is 74.3 Å². The zero-order valence-electron chi connectivity index (χ0n) is 14.7. The van der Waals surface area contributed by atoms with Crippen molar-refractivity contribution >= 4 is 0 Å². The highest BCUT2D eigenvalue weighted by atomic mass is 16.5. The lowest BCUT2D eigenvalue weighted by Gasteiger charge is -2.48. The standard InChI is InChI=1S/C19H26N4O2/c1-14-20-18(22-21-14)13-23-9-7-19(8-10-23)12-16(24)11-17(25-19)15-5-3-2-4-6-15/h2-6,16-17,24H,7-13H2,1H3,(H,20,21,22)/t16-,17-/m1/s1. The van der Waals surface area contributed by atoms with Gasteiger partial charge in [0.2, 0.25) is 0 Å². The number of piperidine rings is 1. The van der Waals surface area contributed by atoms with Crippen molar-refractivity contribution in [2.24, 2.45) is 0 Å². The number of aliphatic hydroxyl groups is 1. The van der Waals surface area contributed by atoms with Crippen LogP contribution in [0.4, 0.5) is 0 Å². The number of nitrogens with one attached hydrogen (secondary N) is 1. The zero-order valence-corrected chi connectivity index (χ0v) is 14.7. The smallest absolute Gasteiger partial charge is 0.164 e. The van der Waals surface area contributed by atoms with Gasteiger partial charge in [0.1, 0.15) is 5.82 Å². The van der Waals surface area contributed by atoms with Gasteiger partial charge in [-0.2, -0.15) is 5.10 Å². The van der Waals surface area contributed by atoms with E-state index in [9.17, 15) is 5.11 Å². The molecule has 1 aromatic carbocycles. The van der Waals surface area contributed by atoms with Gasteiger partial charge in [0.25, 0.3) is 0 Å². The number of aliphatic hydroxyl groups excluding tert-OH is 1. The maximum Gasteiger partial charge on any atom is 0.164 e. The first-order chi connectivity index (χ1) is 12.1. The lowest BCUT2D eigenvalue weighted by Crippen LogP contribution is -2.50. The van der Waals surface area contributed by atoms with Crippen molar-refractivity contribution in [1.82, 2.24) is 20.1 Å². The molecule has 0 amide bonds. The van der Waals surface area contributed by atoms with E-state index in [1.807, 2.05) is 25.1 Å². The molecular formula is C19H26N4O2. The number of nitrogens with zero attached hydrogens (tertiary/aromatic N) is 3. The molecule has 0 aliphatic carbocycles. The SMILES string of the molecule is Cc1nc(CN2CCC3(CC2)C[C@H](O)C[C@H](c2ccccc2)O3)n[nH]1. The third-order valence-corrected chi connectivity index (χ3v) is 5.43. The van der Waals surface area contributed by atoms with Crippen molar-refractivity contribution in [3.8, 4) is 0 Å². The minimum Gasteiger partial charge on any atom is -0.393 e. The molecule has 25 heavy (non-hydrogen) atoms. The van der Waals surface area contributed by atoms with Crippen molar-refractivity contribution in [2.45, 2.75) is 57.0 Å². The van der Waals surface area contributed by atoms with Crippen molar-refractivity contribution in [1.29, 1.82) is 0 Å². The molecule has 2 fully saturated rings. The Bertz CT molecular complexity index is 694. The van der Waals surface area contributed by atoms with Gasteiger partial charge in [0, 0.05) is 25.9 Å². The summed E-state index contributed by atoms with van der Waals surface area (Å²) >= 11 is 0. The molecule has 2 saturated heterocycles. The van der Waals surface area contributed by atoms with Crippen molar-refractivity contribution < 1.29 is 9.84 Å². The zero-order chi connectivity index (χ0) is 17.3. The predicted molar refractivity (Wildman–Crippen MR) is 93.9 cm³/mol. The molecule has 2 aromatic rings. The van der Waals surface area contributed by atoms with Crippen LogP contribution in [0.1, 0.15) is 49.0 Å². The Morgan fingerprint density at radius 1 is 1.28 bits per heavy atom. The fourth-order valence-electron chi connectivity index (χ4n) is 4.13. The summed E-state index contributed by atoms with van der Waals surface area (Å²) in [7, 11) is 0. The monoisotopic (exact) mass is 342 g/mol. The second-order valence-corrected chi connectivity index (χ2v) is 7.41. The average Bonchev–Trinajstić information content (AvgIpc) is 3.02. The van der Waals surface area contributed by atoms with Crippen LogP contribution < -0.4 is 0 Å². The van der Waals surface area contributed by atoms with Crippen LogP contribution in [-0.2, 0) is 11.3 Å². The Morgan fingerprint density at radius 2 is 2.04 bits per heavy atom. The third-order valence-electron chi connectivity index (χ3n) is 5.43. The van der Waals surface area contributed by atoms with Crippen LogP contribution in [0.15, 0.2) is 30.3 Å². The van der Waals surface area contributed by atoms with E-state index in [1.54, 1.807) is 0 Å². The fraction of sp³-hybridized carbons (Fsp3) is 0.579. The molecule has 3 heterocycles. The molecule has 2 aliphatic rings. The number of aromatic nitrogens is 3. The summed E-state index contributed by atoms with van der Waals surface area (Å²) in [6.45, 7) is 4.58. The number of benzene rings is 1. The Morgan fingerprint density at radius 3 is 2.72 bits per heavy atom. The van der Waals surface area contributed by atoms with Crippen molar-refractivity contribution in [2.75, 3.05) is 13.1 Å². The maximum atomic E-state index is 10.4. The predicted octanol–water partition coefficient (Wildman–Crippen LogP) is 2.36. The Labute approximate surface area is 148 Å². The van der Waals surface area contributed by atoms with E-state index in [0.29, 0.717) is 6.42 Å². The molecule has 4 rings (SSSR count). The number of likely N-dealkylation sites (tertiary alicyclic amines) is 1. The van der Waals surface area contributed by atoms with Gasteiger partial charge in [-0.3, -0.25) is 10.00 Å². The molecule has 0 radical (unpaired) electrons. The summed E-state index contributed by atoms with van der Waals surface area (Å²) in [5.74, 6) is 1.70. The van der Waals surface area contributed by atoms with Crippen LogP contribution in [0.5, 0.6) is 0 Å². The lowest BCUT2D eigenvalue weighted by atomic mass is 9.81. The number of hydrogen-bond donors (Lipinski definition) is 2. The van der Waals surface area contributed by atoms with E-state index in [1.165, 1.54) is 5.56 Å². The molecule has 2 atom stereocenters. The van der Waals surface area contributed by atoms with Gasteiger partial charge in [-0.15, -0.1) is 0 Å². The molecule has 0 saturated carbocycles. The van der Waals surface area contributed by atoms with Crippen LogP contribution >= 0.6 is 0 Å². The highest BCUT2D eigenvalue weighted by Gasteiger charge is 2.43. The van der Waals surface area contributed by atoms with Gasteiger partial charge >= 0.3 is 0 Å². The summed E-state index contributed by atoms with van der Waals surface area (Å²) in [6.07, 6.45) is 3.01. The van der Waals surface area contributed by atoms with Crippen LogP contribution in [0.3, 0.4) is 0 Å². The highest BCUT2D eigenvalue weighted by Crippen LogP contribution is 2.43. The van der Waals surface area contributed by atoms with Crippen LogP contribution in [0.25, 0.3) is 0 Å². The number of aryl methyl sites for hydroxylation is 1. The highest BCUT2D eigenvalue weighted by molar-refractivity contribution is 5.19.